The highest BCUT2D eigenvalue weighted by Gasteiger charge is 2.24. The zero-order valence-corrected chi connectivity index (χ0v) is 12.8. The second kappa shape index (κ2) is 6.52. The van der Waals surface area contributed by atoms with Gasteiger partial charge in [0.1, 0.15) is 5.82 Å². The average molecular weight is 288 g/mol. The predicted octanol–water partition coefficient (Wildman–Crippen LogP) is 1.63. The van der Waals surface area contributed by atoms with E-state index in [4.69, 9.17) is 4.98 Å². The molecule has 0 bridgehead atoms. The summed E-state index contributed by atoms with van der Waals surface area (Å²) in [5.74, 6) is 1.68. The molecule has 3 heterocycles. The smallest absolute Gasteiger partial charge is 0.222 e. The zero-order chi connectivity index (χ0) is 14.7. The summed E-state index contributed by atoms with van der Waals surface area (Å²) in [5.41, 5.74) is 2.27. The van der Waals surface area contributed by atoms with Crippen molar-refractivity contribution in [2.45, 2.75) is 51.5 Å². The van der Waals surface area contributed by atoms with Crippen molar-refractivity contribution >= 4 is 5.91 Å². The van der Waals surface area contributed by atoms with Crippen molar-refractivity contribution < 1.29 is 4.79 Å². The minimum Gasteiger partial charge on any atom is -0.338 e. The number of carbonyl (C=O) groups is 1. The summed E-state index contributed by atoms with van der Waals surface area (Å²) in [7, 11) is 0. The van der Waals surface area contributed by atoms with Gasteiger partial charge in [0.25, 0.3) is 0 Å². The molecule has 0 radical (unpaired) electrons. The number of nitrogens with zero attached hydrogens (tertiary/aromatic N) is 3. The number of hydrogen-bond acceptors (Lipinski definition) is 4. The van der Waals surface area contributed by atoms with Crippen molar-refractivity contribution in [1.29, 1.82) is 0 Å². The van der Waals surface area contributed by atoms with Crippen LogP contribution in [0.15, 0.2) is 6.20 Å². The highest BCUT2D eigenvalue weighted by atomic mass is 16.2. The monoisotopic (exact) mass is 288 g/mol. The quantitative estimate of drug-likeness (QED) is 0.918. The summed E-state index contributed by atoms with van der Waals surface area (Å²) in [4.78, 5) is 23.3. The van der Waals surface area contributed by atoms with Crippen LogP contribution in [0.1, 0.15) is 55.6 Å². The average Bonchev–Trinajstić information content (AvgIpc) is 2.55. The molecule has 0 unspecified atom stereocenters. The molecule has 0 spiro atoms. The van der Waals surface area contributed by atoms with Crippen molar-refractivity contribution in [3.8, 4) is 0 Å². The first-order valence-electron chi connectivity index (χ1n) is 8.11. The summed E-state index contributed by atoms with van der Waals surface area (Å²) in [6.07, 6.45) is 6.73. The number of nitrogens with one attached hydrogen (secondary N) is 1. The number of carbonyl (C=O) groups excluding carboxylic acids is 1. The standard InChI is InChI=1S/C16H24N4O/c1-2-4-15(21)20-8-6-14-13(11-20)10-18-16(19-14)12-5-3-7-17-9-12/h10,12,17H,2-9,11H2,1H3/t12-/m1/s1. The maximum atomic E-state index is 12.0. The van der Waals surface area contributed by atoms with Crippen LogP contribution in [-0.2, 0) is 17.8 Å². The van der Waals surface area contributed by atoms with E-state index in [-0.39, 0.29) is 5.91 Å². The first kappa shape index (κ1) is 14.4. The van der Waals surface area contributed by atoms with Crippen LogP contribution in [0.25, 0.3) is 0 Å². The van der Waals surface area contributed by atoms with Crippen LogP contribution in [0.2, 0.25) is 0 Å². The summed E-state index contributed by atoms with van der Waals surface area (Å²) in [5, 5.41) is 3.42. The first-order valence-corrected chi connectivity index (χ1v) is 8.11. The van der Waals surface area contributed by atoms with E-state index >= 15 is 0 Å². The van der Waals surface area contributed by atoms with Crippen molar-refractivity contribution in [1.82, 2.24) is 20.2 Å². The largest absolute Gasteiger partial charge is 0.338 e. The predicted molar refractivity (Wildman–Crippen MR) is 80.9 cm³/mol. The van der Waals surface area contributed by atoms with Gasteiger partial charge in [-0.2, -0.15) is 0 Å². The van der Waals surface area contributed by atoms with E-state index in [0.29, 0.717) is 18.9 Å². The van der Waals surface area contributed by atoms with Gasteiger partial charge in [-0.1, -0.05) is 6.92 Å². The number of aromatic nitrogens is 2. The molecule has 1 amide bonds. The molecule has 0 saturated carbocycles. The summed E-state index contributed by atoms with van der Waals surface area (Å²) >= 11 is 0. The third kappa shape index (κ3) is 3.23. The summed E-state index contributed by atoms with van der Waals surface area (Å²) in [6.45, 7) is 5.61. The topological polar surface area (TPSA) is 58.1 Å². The maximum absolute atomic E-state index is 12.0. The molecule has 0 aromatic carbocycles. The van der Waals surface area contributed by atoms with Crippen LogP contribution in [0.3, 0.4) is 0 Å². The van der Waals surface area contributed by atoms with Gasteiger partial charge in [-0.25, -0.2) is 9.97 Å². The van der Waals surface area contributed by atoms with Crippen LogP contribution in [0, 0.1) is 0 Å². The number of rotatable bonds is 3. The molecule has 1 atom stereocenters. The lowest BCUT2D eigenvalue weighted by atomic mass is 9.98. The Bertz CT molecular complexity index is 511. The van der Waals surface area contributed by atoms with E-state index in [2.05, 4.69) is 10.3 Å². The van der Waals surface area contributed by atoms with Crippen LogP contribution < -0.4 is 5.32 Å². The van der Waals surface area contributed by atoms with Crippen LogP contribution in [0.5, 0.6) is 0 Å². The van der Waals surface area contributed by atoms with E-state index in [1.807, 2.05) is 18.0 Å². The van der Waals surface area contributed by atoms with Crippen LogP contribution in [-0.4, -0.2) is 40.4 Å². The number of hydrogen-bond donors (Lipinski definition) is 1. The Morgan fingerprint density at radius 2 is 2.43 bits per heavy atom. The van der Waals surface area contributed by atoms with Gasteiger partial charge in [0, 0.05) is 50.2 Å². The Balaban J connectivity index is 1.71. The minimum atomic E-state index is 0.253. The molecule has 5 heteroatoms. The van der Waals surface area contributed by atoms with Crippen molar-refractivity contribution in [3.05, 3.63) is 23.3 Å². The number of piperidine rings is 1. The van der Waals surface area contributed by atoms with E-state index in [1.165, 1.54) is 12.8 Å². The second-order valence-corrected chi connectivity index (χ2v) is 6.06. The molecule has 114 valence electrons. The Morgan fingerprint density at radius 3 is 3.19 bits per heavy atom. The van der Waals surface area contributed by atoms with E-state index in [1.54, 1.807) is 0 Å². The Kier molecular flexibility index (Phi) is 4.48. The maximum Gasteiger partial charge on any atom is 0.222 e. The van der Waals surface area contributed by atoms with Gasteiger partial charge >= 0.3 is 0 Å². The second-order valence-electron chi connectivity index (χ2n) is 6.06. The minimum absolute atomic E-state index is 0.253. The number of amides is 1. The van der Waals surface area contributed by atoms with Gasteiger partial charge in [0.2, 0.25) is 5.91 Å². The molecule has 21 heavy (non-hydrogen) atoms. The highest BCUT2D eigenvalue weighted by Crippen LogP contribution is 2.23. The molecule has 1 aromatic heterocycles. The lowest BCUT2D eigenvalue weighted by Gasteiger charge is -2.29. The van der Waals surface area contributed by atoms with Gasteiger partial charge in [-0.05, 0) is 25.8 Å². The van der Waals surface area contributed by atoms with Gasteiger partial charge in [-0.15, -0.1) is 0 Å². The van der Waals surface area contributed by atoms with Crippen molar-refractivity contribution in [2.75, 3.05) is 19.6 Å². The molecule has 2 aliphatic heterocycles. The van der Waals surface area contributed by atoms with E-state index in [0.717, 1.165) is 49.6 Å². The molecule has 1 N–H and O–H groups in total. The van der Waals surface area contributed by atoms with Gasteiger partial charge in [0.05, 0.1) is 5.69 Å². The fourth-order valence-electron chi connectivity index (χ4n) is 3.19. The Hall–Kier alpha value is -1.49. The van der Waals surface area contributed by atoms with E-state index in [9.17, 15) is 4.79 Å². The van der Waals surface area contributed by atoms with Gasteiger partial charge < -0.3 is 10.2 Å². The molecule has 1 fully saturated rings. The molecule has 2 aliphatic rings. The molecular formula is C16H24N4O. The van der Waals surface area contributed by atoms with Crippen molar-refractivity contribution in [2.24, 2.45) is 0 Å². The normalized spacial score (nSPS) is 22.0. The third-order valence-electron chi connectivity index (χ3n) is 4.43. The van der Waals surface area contributed by atoms with Gasteiger partial charge in [0.15, 0.2) is 0 Å². The van der Waals surface area contributed by atoms with Crippen LogP contribution in [0.4, 0.5) is 0 Å². The third-order valence-corrected chi connectivity index (χ3v) is 4.43. The SMILES string of the molecule is CCCC(=O)N1CCc2nc([C@@H]3CCCNC3)ncc2C1. The molecule has 3 rings (SSSR count). The number of fused-ring (bicyclic) bond motifs is 1. The van der Waals surface area contributed by atoms with E-state index < -0.39 is 0 Å². The summed E-state index contributed by atoms with van der Waals surface area (Å²) < 4.78 is 0. The zero-order valence-electron chi connectivity index (χ0n) is 12.8. The lowest BCUT2D eigenvalue weighted by molar-refractivity contribution is -0.132. The first-order chi connectivity index (χ1) is 10.3. The molecule has 5 nitrogen and oxygen atoms in total. The molecule has 1 aromatic rings. The molecular weight excluding hydrogens is 264 g/mol. The van der Waals surface area contributed by atoms with Crippen LogP contribution >= 0.6 is 0 Å². The molecule has 0 aliphatic carbocycles. The highest BCUT2D eigenvalue weighted by molar-refractivity contribution is 5.76. The fourth-order valence-corrected chi connectivity index (χ4v) is 3.19. The Labute approximate surface area is 126 Å². The summed E-state index contributed by atoms with van der Waals surface area (Å²) in [6, 6.07) is 0. The van der Waals surface area contributed by atoms with Gasteiger partial charge in [-0.3, -0.25) is 4.79 Å². The van der Waals surface area contributed by atoms with Crippen molar-refractivity contribution in [3.63, 3.8) is 0 Å². The molecule has 1 saturated heterocycles. The Morgan fingerprint density at radius 1 is 1.52 bits per heavy atom. The fraction of sp³-hybridized carbons (Fsp3) is 0.688. The lowest BCUT2D eigenvalue weighted by Crippen LogP contribution is -2.36.